The largest absolute Gasteiger partial charge is 0.496 e. The Bertz CT molecular complexity index is 1180. The van der Waals surface area contributed by atoms with Crippen LogP contribution in [0.25, 0.3) is 16.8 Å². The topological polar surface area (TPSA) is 50.7 Å². The average molecular weight is 467 g/mol. The fourth-order valence-corrected chi connectivity index (χ4v) is 4.39. The van der Waals surface area contributed by atoms with Crippen LogP contribution >= 0.6 is 27.7 Å². The number of aryl methyl sites for hydroxylation is 2. The maximum Gasteiger partial charge on any atom is 0.264 e. The van der Waals surface area contributed by atoms with Crippen molar-refractivity contribution in [2.24, 2.45) is 4.99 Å². The smallest absolute Gasteiger partial charge is 0.264 e. The minimum absolute atomic E-state index is 0.140. The maximum atomic E-state index is 12.5. The van der Waals surface area contributed by atoms with Crippen LogP contribution < -0.4 is 10.1 Å². The van der Waals surface area contributed by atoms with Gasteiger partial charge >= 0.3 is 0 Å². The number of carbonyl (C=O) groups excluding carboxylic acids is 1. The number of fused-ring (bicyclic) bond motifs is 1. The minimum Gasteiger partial charge on any atom is -0.496 e. The number of carbonyl (C=O) groups is 1. The molecule has 0 saturated carbocycles. The van der Waals surface area contributed by atoms with Gasteiger partial charge in [-0.1, -0.05) is 46.3 Å². The van der Waals surface area contributed by atoms with Crippen molar-refractivity contribution in [1.82, 2.24) is 5.32 Å². The third-order valence-electron chi connectivity index (χ3n) is 4.73. The Kier molecular flexibility index (Phi) is 5.48. The van der Waals surface area contributed by atoms with Gasteiger partial charge in [0.2, 0.25) is 0 Å². The molecule has 1 amide bonds. The van der Waals surface area contributed by atoms with Crippen LogP contribution in [0.2, 0.25) is 0 Å². The number of aliphatic imine (C=N–C) groups is 1. The van der Waals surface area contributed by atoms with Gasteiger partial charge in [-0.05, 0) is 72.0 Å². The molecule has 1 aliphatic heterocycles. The third-order valence-corrected chi connectivity index (χ3v) is 6.89. The third kappa shape index (κ3) is 3.95. The number of thioether (sulfide) groups is 1. The Morgan fingerprint density at radius 3 is 2.45 bits per heavy atom. The van der Waals surface area contributed by atoms with Crippen molar-refractivity contribution < 1.29 is 9.53 Å². The first-order valence-electron chi connectivity index (χ1n) is 9.08. The molecule has 1 heterocycles. The van der Waals surface area contributed by atoms with Gasteiger partial charge in [0.1, 0.15) is 5.75 Å². The van der Waals surface area contributed by atoms with Crippen LogP contribution in [0.4, 0.5) is 5.69 Å². The second-order valence-corrected chi connectivity index (χ2v) is 8.60. The van der Waals surface area contributed by atoms with Crippen LogP contribution in [0.5, 0.6) is 5.75 Å². The Morgan fingerprint density at radius 1 is 1.07 bits per heavy atom. The highest BCUT2D eigenvalue weighted by molar-refractivity contribution is 9.10. The zero-order valence-electron chi connectivity index (χ0n) is 16.2. The van der Waals surface area contributed by atoms with Crippen molar-refractivity contribution in [2.45, 2.75) is 13.8 Å². The van der Waals surface area contributed by atoms with Crippen molar-refractivity contribution >= 4 is 61.3 Å². The van der Waals surface area contributed by atoms with Crippen molar-refractivity contribution in [3.8, 4) is 5.75 Å². The second-order valence-electron chi connectivity index (χ2n) is 6.78. The molecule has 0 spiro atoms. The molecule has 0 radical (unpaired) electrons. The molecular formula is C23H19BrN2O2S. The van der Waals surface area contributed by atoms with Gasteiger partial charge in [0.15, 0.2) is 5.17 Å². The number of nitrogens with one attached hydrogen (secondary N) is 1. The molecule has 0 aromatic heterocycles. The molecule has 6 heteroatoms. The van der Waals surface area contributed by atoms with Crippen LogP contribution in [0.3, 0.4) is 0 Å². The van der Waals surface area contributed by atoms with Gasteiger partial charge in [-0.15, -0.1) is 0 Å². The summed E-state index contributed by atoms with van der Waals surface area (Å²) in [5, 5.41) is 5.51. The normalized spacial score (nSPS) is 16.6. The molecule has 0 aliphatic carbocycles. The van der Waals surface area contributed by atoms with E-state index in [1.807, 2.05) is 68.5 Å². The summed E-state index contributed by atoms with van der Waals surface area (Å²) in [7, 11) is 1.66. The Morgan fingerprint density at radius 2 is 1.76 bits per heavy atom. The molecule has 146 valence electrons. The quantitative estimate of drug-likeness (QED) is 0.473. The second kappa shape index (κ2) is 8.05. The van der Waals surface area contributed by atoms with Gasteiger partial charge in [0, 0.05) is 9.86 Å². The lowest BCUT2D eigenvalue weighted by atomic mass is 10.0. The fraction of sp³-hybridized carbons (Fsp3) is 0.130. The predicted octanol–water partition coefficient (Wildman–Crippen LogP) is 6.12. The van der Waals surface area contributed by atoms with Gasteiger partial charge in [-0.3, -0.25) is 4.79 Å². The summed E-state index contributed by atoms with van der Waals surface area (Å²) in [6, 6.07) is 15.9. The molecule has 1 N–H and O–H groups in total. The molecule has 1 aliphatic rings. The maximum absolute atomic E-state index is 12.5. The fourth-order valence-electron chi connectivity index (χ4n) is 3.33. The standard InChI is InChI=1S/C23H19BrN2O2S/c1-13-10-16(11-14(2)21(13)24)25-23-26-22(27)20(29-23)12-15-8-9-19(28-3)18-7-5-4-6-17(15)18/h4-12H,1-3H3,(H,25,26,27)/b20-12-. The Hall–Kier alpha value is -2.57. The molecule has 0 atom stereocenters. The number of ether oxygens (including phenoxy) is 1. The lowest BCUT2D eigenvalue weighted by molar-refractivity contribution is -0.115. The van der Waals surface area contributed by atoms with Crippen molar-refractivity contribution in [3.05, 3.63) is 74.6 Å². The summed E-state index contributed by atoms with van der Waals surface area (Å²) in [6.07, 6.45) is 1.91. The number of rotatable bonds is 3. The summed E-state index contributed by atoms with van der Waals surface area (Å²) in [5.74, 6) is 0.675. The van der Waals surface area contributed by atoms with E-state index < -0.39 is 0 Å². The molecule has 4 nitrogen and oxygen atoms in total. The monoisotopic (exact) mass is 466 g/mol. The first-order chi connectivity index (χ1) is 14.0. The SMILES string of the molecule is COc1ccc(/C=C2\SC(=Nc3cc(C)c(Br)c(C)c3)NC2=O)c2ccccc12. The minimum atomic E-state index is -0.140. The Balaban J connectivity index is 1.69. The van der Waals surface area contributed by atoms with Crippen LogP contribution in [-0.2, 0) is 4.79 Å². The van der Waals surface area contributed by atoms with Crippen LogP contribution in [0.15, 0.2) is 62.9 Å². The van der Waals surface area contributed by atoms with Crippen molar-refractivity contribution in [2.75, 3.05) is 7.11 Å². The summed E-state index contributed by atoms with van der Waals surface area (Å²) in [5.41, 5.74) is 4.01. The molecule has 4 rings (SSSR count). The van der Waals surface area contributed by atoms with E-state index in [9.17, 15) is 4.79 Å². The first-order valence-corrected chi connectivity index (χ1v) is 10.7. The lowest BCUT2D eigenvalue weighted by Crippen LogP contribution is -2.19. The zero-order chi connectivity index (χ0) is 20.5. The average Bonchev–Trinajstić information content (AvgIpc) is 3.05. The van der Waals surface area contributed by atoms with Gasteiger partial charge in [0.05, 0.1) is 17.7 Å². The molecule has 0 unspecified atom stereocenters. The van der Waals surface area contributed by atoms with E-state index in [0.29, 0.717) is 10.1 Å². The number of methoxy groups -OCH3 is 1. The van der Waals surface area contributed by atoms with Crippen LogP contribution in [-0.4, -0.2) is 18.2 Å². The summed E-state index contributed by atoms with van der Waals surface area (Å²) < 4.78 is 6.54. The molecule has 1 fully saturated rings. The van der Waals surface area contributed by atoms with E-state index in [2.05, 4.69) is 26.2 Å². The molecular weight excluding hydrogens is 448 g/mol. The number of benzene rings is 3. The zero-order valence-corrected chi connectivity index (χ0v) is 18.6. The van der Waals surface area contributed by atoms with E-state index in [4.69, 9.17) is 4.74 Å². The first kappa shape index (κ1) is 19.7. The highest BCUT2D eigenvalue weighted by Crippen LogP contribution is 2.34. The number of amidine groups is 1. The van der Waals surface area contributed by atoms with Gasteiger partial charge in [-0.25, -0.2) is 4.99 Å². The molecule has 1 saturated heterocycles. The van der Waals surface area contributed by atoms with Gasteiger partial charge in [-0.2, -0.15) is 0 Å². The molecule has 29 heavy (non-hydrogen) atoms. The van der Waals surface area contributed by atoms with E-state index in [-0.39, 0.29) is 5.91 Å². The van der Waals surface area contributed by atoms with Crippen molar-refractivity contribution in [1.29, 1.82) is 0 Å². The predicted molar refractivity (Wildman–Crippen MR) is 125 cm³/mol. The number of amides is 1. The van der Waals surface area contributed by atoms with Gasteiger partial charge < -0.3 is 10.1 Å². The molecule has 0 bridgehead atoms. The Labute approximate surface area is 182 Å². The van der Waals surface area contributed by atoms with Gasteiger partial charge in [0.25, 0.3) is 5.91 Å². The lowest BCUT2D eigenvalue weighted by Gasteiger charge is -2.08. The number of hydrogen-bond donors (Lipinski definition) is 1. The number of hydrogen-bond acceptors (Lipinski definition) is 4. The summed E-state index contributed by atoms with van der Waals surface area (Å²) in [6.45, 7) is 4.06. The van der Waals surface area contributed by atoms with E-state index in [1.165, 1.54) is 11.8 Å². The van der Waals surface area contributed by atoms with E-state index >= 15 is 0 Å². The van der Waals surface area contributed by atoms with Crippen LogP contribution in [0, 0.1) is 13.8 Å². The van der Waals surface area contributed by atoms with E-state index in [0.717, 1.165) is 43.4 Å². The highest BCUT2D eigenvalue weighted by atomic mass is 79.9. The summed E-state index contributed by atoms with van der Waals surface area (Å²) in [4.78, 5) is 17.7. The molecule has 3 aromatic rings. The number of nitrogens with zero attached hydrogens (tertiary/aromatic N) is 1. The molecule has 3 aromatic carbocycles. The van der Waals surface area contributed by atoms with E-state index in [1.54, 1.807) is 7.11 Å². The summed E-state index contributed by atoms with van der Waals surface area (Å²) >= 11 is 4.92. The number of halogens is 1. The van der Waals surface area contributed by atoms with Crippen molar-refractivity contribution in [3.63, 3.8) is 0 Å². The van der Waals surface area contributed by atoms with Crippen LogP contribution in [0.1, 0.15) is 16.7 Å². The highest BCUT2D eigenvalue weighted by Gasteiger charge is 2.24.